The first kappa shape index (κ1) is 12.9. The zero-order chi connectivity index (χ0) is 13.1. The molecule has 0 fully saturated rings. The van der Waals surface area contributed by atoms with Crippen molar-refractivity contribution in [3.63, 3.8) is 0 Å². The largest absolute Gasteiger partial charge is 0.463 e. The van der Waals surface area contributed by atoms with Gasteiger partial charge in [-0.3, -0.25) is 0 Å². The predicted octanol–water partition coefficient (Wildman–Crippen LogP) is 2.42. The van der Waals surface area contributed by atoms with Crippen LogP contribution < -0.4 is 0 Å². The third-order valence-corrected chi connectivity index (χ3v) is 2.97. The molecule has 0 amide bonds. The minimum absolute atomic E-state index is 0.0255. The maximum atomic E-state index is 11.2. The van der Waals surface area contributed by atoms with E-state index in [2.05, 4.69) is 14.8 Å². The Morgan fingerprint density at radius 3 is 2.83 bits per heavy atom. The molecule has 1 aromatic heterocycles. The molecule has 0 saturated carbocycles. The topological polar surface area (TPSA) is 57.0 Å². The van der Waals surface area contributed by atoms with E-state index < -0.39 is 5.97 Å². The van der Waals surface area contributed by atoms with Crippen molar-refractivity contribution in [2.75, 3.05) is 7.11 Å². The van der Waals surface area contributed by atoms with Crippen LogP contribution >= 0.6 is 23.2 Å². The second-order valence-electron chi connectivity index (χ2n) is 3.51. The number of halogens is 2. The van der Waals surface area contributed by atoms with Crippen LogP contribution in [0.3, 0.4) is 0 Å². The zero-order valence-electron chi connectivity index (χ0n) is 9.43. The van der Waals surface area contributed by atoms with E-state index in [4.69, 9.17) is 23.2 Å². The number of carbonyl (C=O) groups is 1. The van der Waals surface area contributed by atoms with Crippen LogP contribution in [0.5, 0.6) is 0 Å². The lowest BCUT2D eigenvalue weighted by molar-refractivity contribution is 0.0586. The molecule has 2 rings (SSSR count). The number of rotatable bonds is 3. The summed E-state index contributed by atoms with van der Waals surface area (Å²) in [5.41, 5.74) is 0.908. The number of hydrogen-bond acceptors (Lipinski definition) is 4. The monoisotopic (exact) mass is 285 g/mol. The highest BCUT2D eigenvalue weighted by molar-refractivity contribution is 6.42. The van der Waals surface area contributed by atoms with Gasteiger partial charge in [-0.25, -0.2) is 14.5 Å². The molecular weight excluding hydrogens is 277 g/mol. The first-order valence-corrected chi connectivity index (χ1v) is 5.77. The molecule has 0 aliphatic heterocycles. The van der Waals surface area contributed by atoms with E-state index in [0.717, 1.165) is 5.56 Å². The molecule has 0 atom stereocenters. The molecule has 1 aromatic carbocycles. The van der Waals surface area contributed by atoms with E-state index >= 15 is 0 Å². The maximum absolute atomic E-state index is 11.2. The van der Waals surface area contributed by atoms with Crippen molar-refractivity contribution in [1.82, 2.24) is 14.8 Å². The zero-order valence-corrected chi connectivity index (χ0v) is 10.9. The van der Waals surface area contributed by atoms with Crippen molar-refractivity contribution in [1.29, 1.82) is 0 Å². The molecule has 0 aliphatic carbocycles. The van der Waals surface area contributed by atoms with Gasteiger partial charge in [0.25, 0.3) is 5.82 Å². The van der Waals surface area contributed by atoms with E-state index in [9.17, 15) is 4.79 Å². The van der Waals surface area contributed by atoms with Gasteiger partial charge in [0.1, 0.15) is 6.33 Å². The average Bonchev–Trinajstić information content (AvgIpc) is 2.81. The molecule has 0 aliphatic rings. The minimum Gasteiger partial charge on any atom is -0.463 e. The fraction of sp³-hybridized carbons (Fsp3) is 0.182. The van der Waals surface area contributed by atoms with Crippen LogP contribution in [-0.4, -0.2) is 27.8 Å². The molecule has 0 spiro atoms. The molecular formula is C11H9Cl2N3O2. The molecule has 5 nitrogen and oxygen atoms in total. The van der Waals surface area contributed by atoms with Crippen LogP contribution in [0.15, 0.2) is 24.5 Å². The fourth-order valence-electron chi connectivity index (χ4n) is 1.38. The Balaban J connectivity index is 2.16. The SMILES string of the molecule is COC(=O)c1ncn(Cc2ccc(Cl)c(Cl)c2)n1. The number of aromatic nitrogens is 3. The van der Waals surface area contributed by atoms with E-state index in [1.165, 1.54) is 18.1 Å². The second kappa shape index (κ2) is 5.37. The Morgan fingerprint density at radius 1 is 1.39 bits per heavy atom. The highest BCUT2D eigenvalue weighted by Gasteiger charge is 2.11. The molecule has 2 aromatic rings. The van der Waals surface area contributed by atoms with Crippen molar-refractivity contribution in [2.24, 2.45) is 0 Å². The van der Waals surface area contributed by atoms with Crippen LogP contribution in [0.2, 0.25) is 10.0 Å². The smallest absolute Gasteiger partial charge is 0.377 e. The van der Waals surface area contributed by atoms with Gasteiger partial charge in [-0.1, -0.05) is 29.3 Å². The summed E-state index contributed by atoms with van der Waals surface area (Å²) in [4.78, 5) is 15.0. The number of benzene rings is 1. The Hall–Kier alpha value is -1.59. The number of ether oxygens (including phenoxy) is 1. The Bertz CT molecular complexity index is 583. The molecule has 94 valence electrons. The molecule has 0 bridgehead atoms. The predicted molar refractivity (Wildman–Crippen MR) is 66.9 cm³/mol. The number of nitrogens with zero attached hydrogens (tertiary/aromatic N) is 3. The van der Waals surface area contributed by atoms with E-state index in [0.29, 0.717) is 16.6 Å². The standard InChI is InChI=1S/C11H9Cl2N3O2/c1-18-11(17)10-14-6-16(15-10)5-7-2-3-8(12)9(13)4-7/h2-4,6H,5H2,1H3. The highest BCUT2D eigenvalue weighted by atomic mass is 35.5. The number of hydrogen-bond donors (Lipinski definition) is 0. The summed E-state index contributed by atoms with van der Waals surface area (Å²) in [7, 11) is 1.28. The Kier molecular flexibility index (Phi) is 3.84. The number of methoxy groups -OCH3 is 1. The van der Waals surface area contributed by atoms with E-state index in [1.54, 1.807) is 12.1 Å². The van der Waals surface area contributed by atoms with Crippen molar-refractivity contribution >= 4 is 29.2 Å². The van der Waals surface area contributed by atoms with Crippen molar-refractivity contribution in [3.05, 3.63) is 46.0 Å². The van der Waals surface area contributed by atoms with E-state index in [-0.39, 0.29) is 5.82 Å². The number of esters is 1. The molecule has 0 N–H and O–H groups in total. The van der Waals surface area contributed by atoms with Gasteiger partial charge in [-0.2, -0.15) is 0 Å². The maximum Gasteiger partial charge on any atom is 0.377 e. The molecule has 0 saturated heterocycles. The lowest BCUT2D eigenvalue weighted by Gasteiger charge is -2.02. The van der Waals surface area contributed by atoms with Gasteiger partial charge in [-0.05, 0) is 17.7 Å². The third kappa shape index (κ3) is 2.80. The lowest BCUT2D eigenvalue weighted by Crippen LogP contribution is -2.06. The van der Waals surface area contributed by atoms with E-state index in [1.807, 2.05) is 6.07 Å². The van der Waals surface area contributed by atoms with Gasteiger partial charge < -0.3 is 4.74 Å². The summed E-state index contributed by atoms with van der Waals surface area (Å²) < 4.78 is 6.04. The Labute approximate surface area is 113 Å². The summed E-state index contributed by atoms with van der Waals surface area (Å²) >= 11 is 11.7. The van der Waals surface area contributed by atoms with Gasteiger partial charge in [0, 0.05) is 0 Å². The molecule has 1 heterocycles. The quantitative estimate of drug-likeness (QED) is 0.813. The van der Waals surface area contributed by atoms with Crippen molar-refractivity contribution in [2.45, 2.75) is 6.54 Å². The fourth-order valence-corrected chi connectivity index (χ4v) is 1.70. The minimum atomic E-state index is -0.567. The normalized spacial score (nSPS) is 10.4. The summed E-state index contributed by atoms with van der Waals surface area (Å²) in [6.07, 6.45) is 1.45. The van der Waals surface area contributed by atoms with Crippen LogP contribution in [0, 0.1) is 0 Å². The third-order valence-electron chi connectivity index (χ3n) is 2.23. The molecule has 0 radical (unpaired) electrons. The molecule has 7 heteroatoms. The van der Waals surface area contributed by atoms with Gasteiger partial charge in [-0.15, -0.1) is 5.10 Å². The first-order chi connectivity index (χ1) is 8.60. The molecule has 18 heavy (non-hydrogen) atoms. The van der Waals surface area contributed by atoms with Crippen molar-refractivity contribution in [3.8, 4) is 0 Å². The van der Waals surface area contributed by atoms with Crippen LogP contribution in [0.4, 0.5) is 0 Å². The first-order valence-electron chi connectivity index (χ1n) is 5.02. The lowest BCUT2D eigenvalue weighted by atomic mass is 10.2. The van der Waals surface area contributed by atoms with Gasteiger partial charge in [0.05, 0.1) is 23.7 Å². The van der Waals surface area contributed by atoms with Crippen LogP contribution in [0.1, 0.15) is 16.2 Å². The summed E-state index contributed by atoms with van der Waals surface area (Å²) in [5.74, 6) is -0.541. The van der Waals surface area contributed by atoms with Gasteiger partial charge in [0.2, 0.25) is 0 Å². The van der Waals surface area contributed by atoms with Crippen LogP contribution in [0.25, 0.3) is 0 Å². The Morgan fingerprint density at radius 2 is 2.17 bits per heavy atom. The summed E-state index contributed by atoms with van der Waals surface area (Å²) in [5, 5.41) is 4.95. The van der Waals surface area contributed by atoms with Crippen molar-refractivity contribution < 1.29 is 9.53 Å². The van der Waals surface area contributed by atoms with Gasteiger partial charge >= 0.3 is 5.97 Å². The molecule has 0 unspecified atom stereocenters. The summed E-state index contributed by atoms with van der Waals surface area (Å²) in [6.45, 7) is 0.445. The van der Waals surface area contributed by atoms with Crippen LogP contribution in [-0.2, 0) is 11.3 Å². The second-order valence-corrected chi connectivity index (χ2v) is 4.32. The average molecular weight is 286 g/mol. The summed E-state index contributed by atoms with van der Waals surface area (Å²) in [6, 6.07) is 5.27. The number of carbonyl (C=O) groups excluding carboxylic acids is 1. The van der Waals surface area contributed by atoms with Gasteiger partial charge in [0.15, 0.2) is 0 Å². The highest BCUT2D eigenvalue weighted by Crippen LogP contribution is 2.22.